The number of carboxylic acid groups (broad SMARTS) is 1. The van der Waals surface area contributed by atoms with Gasteiger partial charge in [0.1, 0.15) is 0 Å². The van der Waals surface area contributed by atoms with Crippen LogP contribution in [0.4, 0.5) is 0 Å². The Bertz CT molecular complexity index is 544. The van der Waals surface area contributed by atoms with Gasteiger partial charge in [-0.3, -0.25) is 14.6 Å². The monoisotopic (exact) mass is 312 g/mol. The van der Waals surface area contributed by atoms with Gasteiger partial charge in [-0.2, -0.15) is 0 Å². The molecule has 21 heavy (non-hydrogen) atoms. The minimum absolute atomic E-state index is 0.115. The molecule has 0 unspecified atom stereocenters. The highest BCUT2D eigenvalue weighted by Crippen LogP contribution is 2.40. The van der Waals surface area contributed by atoms with Crippen LogP contribution in [0.1, 0.15) is 5.56 Å². The number of hydrogen-bond acceptors (Lipinski definition) is 5. The van der Waals surface area contributed by atoms with E-state index in [-0.39, 0.29) is 13.3 Å². The van der Waals surface area contributed by atoms with E-state index in [1.165, 1.54) is 0 Å². The first kappa shape index (κ1) is 14.4. The van der Waals surface area contributed by atoms with Crippen LogP contribution in [0.2, 0.25) is 5.02 Å². The van der Waals surface area contributed by atoms with Crippen molar-refractivity contribution in [1.82, 2.24) is 9.80 Å². The topological polar surface area (TPSA) is 62.2 Å². The van der Waals surface area contributed by atoms with Gasteiger partial charge in [0.15, 0.2) is 11.5 Å². The van der Waals surface area contributed by atoms with Crippen molar-refractivity contribution in [3.8, 4) is 11.5 Å². The molecule has 2 aliphatic rings. The number of ether oxygens (including phenoxy) is 2. The molecule has 0 bridgehead atoms. The molecule has 0 aromatic heterocycles. The fraction of sp³-hybridized carbons (Fsp3) is 0.500. The molecule has 0 radical (unpaired) electrons. The summed E-state index contributed by atoms with van der Waals surface area (Å²) in [5.74, 6) is 0.541. The lowest BCUT2D eigenvalue weighted by Gasteiger charge is -2.33. The molecule has 0 saturated carbocycles. The van der Waals surface area contributed by atoms with Crippen LogP contribution < -0.4 is 9.47 Å². The Hall–Kier alpha value is -1.50. The molecule has 1 N–H and O–H groups in total. The lowest BCUT2D eigenvalue weighted by atomic mass is 10.1. The van der Waals surface area contributed by atoms with Crippen LogP contribution in [0.3, 0.4) is 0 Å². The Balaban J connectivity index is 1.58. The van der Waals surface area contributed by atoms with Crippen molar-refractivity contribution in [2.45, 2.75) is 6.54 Å². The average molecular weight is 313 g/mol. The number of carboxylic acids is 1. The number of piperazine rings is 1. The number of rotatable bonds is 4. The van der Waals surface area contributed by atoms with Gasteiger partial charge in [-0.25, -0.2) is 0 Å². The maximum Gasteiger partial charge on any atom is 0.317 e. The van der Waals surface area contributed by atoms with Crippen LogP contribution in [0.25, 0.3) is 0 Å². The number of benzene rings is 1. The quantitative estimate of drug-likeness (QED) is 0.903. The van der Waals surface area contributed by atoms with Crippen LogP contribution in [-0.2, 0) is 11.3 Å². The zero-order valence-corrected chi connectivity index (χ0v) is 12.3. The fourth-order valence-corrected chi connectivity index (χ4v) is 2.95. The van der Waals surface area contributed by atoms with E-state index < -0.39 is 5.97 Å². The minimum Gasteiger partial charge on any atom is -0.480 e. The number of fused-ring (bicyclic) bond motifs is 1. The van der Waals surface area contributed by atoms with E-state index in [1.54, 1.807) is 0 Å². The predicted octanol–water partition coefficient (Wildman–Crippen LogP) is 1.27. The van der Waals surface area contributed by atoms with Crippen molar-refractivity contribution in [3.05, 3.63) is 22.7 Å². The van der Waals surface area contributed by atoms with Crippen LogP contribution >= 0.6 is 11.6 Å². The molecular formula is C14H17ClN2O4. The average Bonchev–Trinajstić information content (AvgIpc) is 2.89. The Labute approximate surface area is 127 Å². The van der Waals surface area contributed by atoms with Gasteiger partial charge >= 0.3 is 5.97 Å². The minimum atomic E-state index is -0.772. The standard InChI is InChI=1S/C14H17ClN2O4/c15-11-5-10(6-12-14(11)21-9-20-12)7-16-1-3-17(4-2-16)8-13(18)19/h5-6H,1-4,7-9H2,(H,18,19). The molecule has 0 atom stereocenters. The van der Waals surface area contributed by atoms with Gasteiger partial charge in [0.05, 0.1) is 11.6 Å². The molecule has 0 aliphatic carbocycles. The summed E-state index contributed by atoms with van der Waals surface area (Å²) < 4.78 is 10.7. The Kier molecular flexibility index (Phi) is 4.19. The smallest absolute Gasteiger partial charge is 0.317 e. The summed E-state index contributed by atoms with van der Waals surface area (Å²) in [4.78, 5) is 14.9. The van der Waals surface area contributed by atoms with Gasteiger partial charge in [0.2, 0.25) is 6.79 Å². The number of hydrogen-bond donors (Lipinski definition) is 1. The molecule has 1 saturated heterocycles. The van der Waals surface area contributed by atoms with Crippen LogP contribution in [0, 0.1) is 0 Å². The molecule has 0 amide bonds. The number of nitrogens with zero attached hydrogens (tertiary/aromatic N) is 2. The van der Waals surface area contributed by atoms with Gasteiger partial charge in [0.25, 0.3) is 0 Å². The van der Waals surface area contributed by atoms with Gasteiger partial charge in [-0.05, 0) is 17.7 Å². The molecular weight excluding hydrogens is 296 g/mol. The molecule has 2 aliphatic heterocycles. The number of carbonyl (C=O) groups is 1. The Morgan fingerprint density at radius 3 is 2.62 bits per heavy atom. The zero-order chi connectivity index (χ0) is 14.8. The summed E-state index contributed by atoms with van der Waals surface area (Å²) in [6.07, 6.45) is 0. The number of halogens is 1. The van der Waals surface area contributed by atoms with Crippen LogP contribution in [0.5, 0.6) is 11.5 Å². The second kappa shape index (κ2) is 6.09. The summed E-state index contributed by atoms with van der Waals surface area (Å²) in [6, 6.07) is 3.86. The summed E-state index contributed by atoms with van der Waals surface area (Å²) in [6.45, 7) is 4.33. The highest BCUT2D eigenvalue weighted by molar-refractivity contribution is 6.32. The highest BCUT2D eigenvalue weighted by Gasteiger charge is 2.21. The largest absolute Gasteiger partial charge is 0.480 e. The lowest BCUT2D eigenvalue weighted by Crippen LogP contribution is -2.47. The second-order valence-electron chi connectivity index (χ2n) is 5.26. The van der Waals surface area contributed by atoms with Gasteiger partial charge < -0.3 is 14.6 Å². The maximum atomic E-state index is 10.7. The summed E-state index contributed by atoms with van der Waals surface area (Å²) in [5, 5.41) is 9.36. The molecule has 0 spiro atoms. The van der Waals surface area contributed by atoms with E-state index in [1.807, 2.05) is 17.0 Å². The predicted molar refractivity (Wildman–Crippen MR) is 76.9 cm³/mol. The second-order valence-corrected chi connectivity index (χ2v) is 5.66. The Morgan fingerprint density at radius 2 is 1.90 bits per heavy atom. The Morgan fingerprint density at radius 1 is 1.19 bits per heavy atom. The van der Waals surface area contributed by atoms with E-state index in [9.17, 15) is 4.79 Å². The molecule has 114 valence electrons. The SMILES string of the molecule is O=C(O)CN1CCN(Cc2cc(Cl)c3c(c2)OCO3)CC1. The normalized spacial score (nSPS) is 18.9. The van der Waals surface area contributed by atoms with Gasteiger partial charge in [0, 0.05) is 32.7 Å². The lowest BCUT2D eigenvalue weighted by molar-refractivity contribution is -0.138. The van der Waals surface area contributed by atoms with Crippen LogP contribution in [0.15, 0.2) is 12.1 Å². The van der Waals surface area contributed by atoms with E-state index >= 15 is 0 Å². The van der Waals surface area contributed by atoms with Crippen molar-refractivity contribution in [2.75, 3.05) is 39.5 Å². The third-order valence-electron chi connectivity index (χ3n) is 3.72. The van der Waals surface area contributed by atoms with E-state index in [2.05, 4.69) is 4.90 Å². The molecule has 1 aromatic rings. The van der Waals surface area contributed by atoms with E-state index in [4.69, 9.17) is 26.2 Å². The third-order valence-corrected chi connectivity index (χ3v) is 4.00. The summed E-state index contributed by atoms with van der Waals surface area (Å²) in [7, 11) is 0. The van der Waals surface area contributed by atoms with Crippen molar-refractivity contribution < 1.29 is 19.4 Å². The van der Waals surface area contributed by atoms with Crippen molar-refractivity contribution in [2.24, 2.45) is 0 Å². The molecule has 2 heterocycles. The fourth-order valence-electron chi connectivity index (χ4n) is 2.67. The third kappa shape index (κ3) is 3.40. The first-order valence-electron chi connectivity index (χ1n) is 6.86. The van der Waals surface area contributed by atoms with Gasteiger partial charge in [-0.15, -0.1) is 0 Å². The molecule has 3 rings (SSSR count). The van der Waals surface area contributed by atoms with Gasteiger partial charge in [-0.1, -0.05) is 11.6 Å². The molecule has 6 nitrogen and oxygen atoms in total. The zero-order valence-electron chi connectivity index (χ0n) is 11.5. The van der Waals surface area contributed by atoms with E-state index in [0.29, 0.717) is 16.5 Å². The molecule has 7 heteroatoms. The summed E-state index contributed by atoms with van der Waals surface area (Å²) >= 11 is 6.18. The summed E-state index contributed by atoms with van der Waals surface area (Å²) in [5.41, 5.74) is 1.08. The van der Waals surface area contributed by atoms with Crippen molar-refractivity contribution >= 4 is 17.6 Å². The first-order chi connectivity index (χ1) is 10.1. The van der Waals surface area contributed by atoms with Crippen molar-refractivity contribution in [3.63, 3.8) is 0 Å². The number of aliphatic carboxylic acids is 1. The van der Waals surface area contributed by atoms with Crippen LogP contribution in [-0.4, -0.2) is 60.4 Å². The van der Waals surface area contributed by atoms with Crippen molar-refractivity contribution in [1.29, 1.82) is 0 Å². The maximum absolute atomic E-state index is 10.7. The molecule has 1 fully saturated rings. The first-order valence-corrected chi connectivity index (χ1v) is 7.24. The molecule has 1 aromatic carbocycles. The van der Waals surface area contributed by atoms with E-state index in [0.717, 1.165) is 38.3 Å². The highest BCUT2D eigenvalue weighted by atomic mass is 35.5.